The Bertz CT molecular complexity index is 322. The Balaban J connectivity index is 0.00000441. The molecule has 1 aliphatic heterocycles. The Morgan fingerprint density at radius 1 is 1.18 bits per heavy atom. The molecule has 0 spiro atoms. The minimum absolute atomic E-state index is 0. The van der Waals surface area contributed by atoms with Gasteiger partial charge in [0, 0.05) is 45.3 Å². The highest BCUT2D eigenvalue weighted by atomic mass is 127. The first kappa shape index (κ1) is 21.9. The maximum atomic E-state index is 4.35. The van der Waals surface area contributed by atoms with Crippen LogP contribution in [-0.2, 0) is 0 Å². The first-order valence-corrected chi connectivity index (χ1v) is 8.28. The fraction of sp³-hybridized carbons (Fsp3) is 0.938. The van der Waals surface area contributed by atoms with E-state index in [1.807, 2.05) is 7.05 Å². The Hall–Kier alpha value is -0.0800. The van der Waals surface area contributed by atoms with Crippen molar-refractivity contribution in [2.45, 2.75) is 45.7 Å². The van der Waals surface area contributed by atoms with Crippen LogP contribution in [0.3, 0.4) is 0 Å². The Labute approximate surface area is 154 Å². The molecule has 1 fully saturated rings. The third-order valence-electron chi connectivity index (χ3n) is 4.27. The second-order valence-electron chi connectivity index (χ2n) is 6.87. The molecule has 5 nitrogen and oxygen atoms in total. The van der Waals surface area contributed by atoms with Gasteiger partial charge in [-0.15, -0.1) is 24.0 Å². The van der Waals surface area contributed by atoms with Gasteiger partial charge in [-0.05, 0) is 39.8 Å². The smallest absolute Gasteiger partial charge is 0.191 e. The average molecular weight is 425 g/mol. The number of nitrogens with one attached hydrogen (secondary N) is 2. The third kappa shape index (κ3) is 8.53. The lowest BCUT2D eigenvalue weighted by Gasteiger charge is -2.38. The molecule has 0 saturated carbocycles. The van der Waals surface area contributed by atoms with E-state index in [2.05, 4.69) is 60.3 Å². The number of nitrogens with zero attached hydrogens (tertiary/aromatic N) is 3. The Morgan fingerprint density at radius 3 is 2.45 bits per heavy atom. The highest BCUT2D eigenvalue weighted by Crippen LogP contribution is 2.07. The van der Waals surface area contributed by atoms with Crippen LogP contribution in [0.1, 0.15) is 33.6 Å². The molecule has 132 valence electrons. The largest absolute Gasteiger partial charge is 0.355 e. The quantitative estimate of drug-likeness (QED) is 0.387. The average Bonchev–Trinajstić information content (AvgIpc) is 2.44. The van der Waals surface area contributed by atoms with Crippen LogP contribution in [0.15, 0.2) is 4.99 Å². The number of rotatable bonds is 6. The minimum atomic E-state index is 0. The Morgan fingerprint density at radius 2 is 1.86 bits per heavy atom. The van der Waals surface area contributed by atoms with Crippen LogP contribution < -0.4 is 10.6 Å². The zero-order chi connectivity index (χ0) is 15.8. The molecule has 1 heterocycles. The fourth-order valence-corrected chi connectivity index (χ4v) is 2.62. The van der Waals surface area contributed by atoms with Gasteiger partial charge in [-0.3, -0.25) is 9.89 Å². The Kier molecular flexibility index (Phi) is 11.4. The van der Waals surface area contributed by atoms with Crippen LogP contribution in [0, 0.1) is 5.92 Å². The summed E-state index contributed by atoms with van der Waals surface area (Å²) in [4.78, 5) is 9.18. The van der Waals surface area contributed by atoms with E-state index in [0.29, 0.717) is 12.1 Å². The molecule has 0 amide bonds. The van der Waals surface area contributed by atoms with Gasteiger partial charge in [0.05, 0.1) is 0 Å². The van der Waals surface area contributed by atoms with Crippen LogP contribution >= 0.6 is 24.0 Å². The van der Waals surface area contributed by atoms with Gasteiger partial charge < -0.3 is 15.5 Å². The molecule has 0 radical (unpaired) electrons. The molecule has 0 aromatic rings. The molecule has 1 saturated heterocycles. The van der Waals surface area contributed by atoms with Crippen LogP contribution in [0.25, 0.3) is 0 Å². The number of hydrogen-bond acceptors (Lipinski definition) is 3. The topological polar surface area (TPSA) is 42.9 Å². The van der Waals surface area contributed by atoms with Crippen molar-refractivity contribution in [3.8, 4) is 0 Å². The standard InChI is InChI=1S/C16H35N5.HI/c1-13(2)7-8-14(3)19-16(17-4)18-11-15-12-20(5)9-10-21(15)6;/h13-15H,7-12H2,1-6H3,(H2,17,18,19);1H. The molecule has 22 heavy (non-hydrogen) atoms. The van der Waals surface area contributed by atoms with Crippen molar-refractivity contribution < 1.29 is 0 Å². The van der Waals surface area contributed by atoms with Gasteiger partial charge in [0.25, 0.3) is 0 Å². The zero-order valence-electron chi connectivity index (χ0n) is 15.2. The lowest BCUT2D eigenvalue weighted by Crippen LogP contribution is -2.55. The van der Waals surface area contributed by atoms with Crippen molar-refractivity contribution in [3.05, 3.63) is 0 Å². The van der Waals surface area contributed by atoms with Crippen molar-refractivity contribution in [1.29, 1.82) is 0 Å². The van der Waals surface area contributed by atoms with Crippen molar-refractivity contribution >= 4 is 29.9 Å². The van der Waals surface area contributed by atoms with Gasteiger partial charge in [0.2, 0.25) is 0 Å². The molecule has 2 N–H and O–H groups in total. The van der Waals surface area contributed by atoms with Crippen molar-refractivity contribution in [2.75, 3.05) is 47.3 Å². The zero-order valence-corrected chi connectivity index (χ0v) is 17.6. The van der Waals surface area contributed by atoms with E-state index < -0.39 is 0 Å². The lowest BCUT2D eigenvalue weighted by atomic mass is 10.0. The first-order chi connectivity index (χ1) is 9.92. The summed E-state index contributed by atoms with van der Waals surface area (Å²) in [6.07, 6.45) is 2.44. The molecule has 0 aromatic heterocycles. The molecule has 6 heteroatoms. The van der Waals surface area contributed by atoms with Crippen LogP contribution in [-0.4, -0.2) is 75.2 Å². The second kappa shape index (κ2) is 11.5. The molecule has 0 aliphatic carbocycles. The number of halogens is 1. The maximum absolute atomic E-state index is 4.35. The number of hydrogen-bond donors (Lipinski definition) is 2. The monoisotopic (exact) mass is 425 g/mol. The van der Waals surface area contributed by atoms with Gasteiger partial charge in [0.15, 0.2) is 5.96 Å². The predicted molar refractivity (Wildman–Crippen MR) is 107 cm³/mol. The van der Waals surface area contributed by atoms with Crippen molar-refractivity contribution in [1.82, 2.24) is 20.4 Å². The third-order valence-corrected chi connectivity index (χ3v) is 4.27. The summed E-state index contributed by atoms with van der Waals surface area (Å²) in [5.41, 5.74) is 0. The van der Waals surface area contributed by atoms with Crippen LogP contribution in [0.5, 0.6) is 0 Å². The predicted octanol–water partition coefficient (Wildman–Crippen LogP) is 1.84. The molecule has 2 unspecified atom stereocenters. The summed E-state index contributed by atoms with van der Waals surface area (Å²) in [5, 5.41) is 6.97. The number of piperazine rings is 1. The molecule has 0 bridgehead atoms. The number of aliphatic imine (C=N–C) groups is 1. The summed E-state index contributed by atoms with van der Waals surface area (Å²) < 4.78 is 0. The van der Waals surface area contributed by atoms with E-state index >= 15 is 0 Å². The van der Waals surface area contributed by atoms with E-state index in [0.717, 1.165) is 38.1 Å². The molecular formula is C16H36IN5. The van der Waals surface area contributed by atoms with Crippen molar-refractivity contribution in [3.63, 3.8) is 0 Å². The fourth-order valence-electron chi connectivity index (χ4n) is 2.62. The highest BCUT2D eigenvalue weighted by Gasteiger charge is 2.22. The summed E-state index contributed by atoms with van der Waals surface area (Å²) in [6.45, 7) is 11.1. The summed E-state index contributed by atoms with van der Waals surface area (Å²) >= 11 is 0. The van der Waals surface area contributed by atoms with Gasteiger partial charge in [-0.1, -0.05) is 13.8 Å². The van der Waals surface area contributed by atoms with E-state index in [9.17, 15) is 0 Å². The lowest BCUT2D eigenvalue weighted by molar-refractivity contribution is 0.116. The molecule has 0 aromatic carbocycles. The molecule has 2 atom stereocenters. The van der Waals surface area contributed by atoms with Crippen LogP contribution in [0.4, 0.5) is 0 Å². The van der Waals surface area contributed by atoms with Crippen molar-refractivity contribution in [2.24, 2.45) is 10.9 Å². The molecule has 1 aliphatic rings. The first-order valence-electron chi connectivity index (χ1n) is 8.28. The normalized spacial score (nSPS) is 22.3. The molecular weight excluding hydrogens is 389 g/mol. The highest BCUT2D eigenvalue weighted by molar-refractivity contribution is 14.0. The van der Waals surface area contributed by atoms with E-state index in [4.69, 9.17) is 0 Å². The van der Waals surface area contributed by atoms with Gasteiger partial charge >= 0.3 is 0 Å². The minimum Gasteiger partial charge on any atom is -0.355 e. The summed E-state index contributed by atoms with van der Waals surface area (Å²) in [6, 6.07) is 1.01. The maximum Gasteiger partial charge on any atom is 0.191 e. The van der Waals surface area contributed by atoms with E-state index in [-0.39, 0.29) is 24.0 Å². The van der Waals surface area contributed by atoms with Gasteiger partial charge in [-0.2, -0.15) is 0 Å². The molecule has 1 rings (SSSR count). The van der Waals surface area contributed by atoms with E-state index in [1.54, 1.807) is 0 Å². The SMILES string of the molecule is CN=C(NCC1CN(C)CCN1C)NC(C)CCC(C)C.I. The number of guanidine groups is 1. The van der Waals surface area contributed by atoms with Gasteiger partial charge in [-0.25, -0.2) is 0 Å². The summed E-state index contributed by atoms with van der Waals surface area (Å²) in [5.74, 6) is 1.68. The number of likely N-dealkylation sites (N-methyl/N-ethyl adjacent to an activating group) is 2. The van der Waals surface area contributed by atoms with Crippen LogP contribution in [0.2, 0.25) is 0 Å². The summed E-state index contributed by atoms with van der Waals surface area (Å²) in [7, 11) is 6.25. The second-order valence-corrected chi connectivity index (χ2v) is 6.87. The van der Waals surface area contributed by atoms with E-state index in [1.165, 1.54) is 12.8 Å². The van der Waals surface area contributed by atoms with Gasteiger partial charge in [0.1, 0.15) is 0 Å².